The Morgan fingerprint density at radius 1 is 1.36 bits per heavy atom. The molecule has 0 radical (unpaired) electrons. The lowest BCUT2D eigenvalue weighted by Gasteiger charge is -2.17. The highest BCUT2D eigenvalue weighted by Crippen LogP contribution is 2.36. The van der Waals surface area contributed by atoms with Crippen molar-refractivity contribution in [2.45, 2.75) is 50.4 Å². The summed E-state index contributed by atoms with van der Waals surface area (Å²) in [5.41, 5.74) is 2.99. The van der Waals surface area contributed by atoms with E-state index in [2.05, 4.69) is 22.2 Å². The van der Waals surface area contributed by atoms with Crippen molar-refractivity contribution in [3.8, 4) is 0 Å². The summed E-state index contributed by atoms with van der Waals surface area (Å²) in [4.78, 5) is 34.8. The standard InChI is InChI=1S/C21H23N3O2S2/c1-11-4-7-14(8-5-11)22-18(25)13(3)27-21-23-19(26)17-15-9-6-12(2)10-16(15)28-20(17)24-21/h4-5,7-8,12-13H,6,9-10H2,1-3H3,(H,22,25)(H,23,24,26)/t12-,13+/m1/s1. The molecule has 2 aromatic heterocycles. The number of carbonyl (C=O) groups excluding carboxylic acids is 1. The highest BCUT2D eigenvalue weighted by atomic mass is 32.2. The number of thiophene rings is 1. The van der Waals surface area contributed by atoms with Gasteiger partial charge in [0.05, 0.1) is 10.6 Å². The van der Waals surface area contributed by atoms with Gasteiger partial charge in [0.25, 0.3) is 5.56 Å². The molecule has 7 heteroatoms. The first-order valence-corrected chi connectivity index (χ1v) is 11.2. The summed E-state index contributed by atoms with van der Waals surface area (Å²) in [7, 11) is 0. The summed E-state index contributed by atoms with van der Waals surface area (Å²) in [5.74, 6) is 0.537. The molecule has 0 saturated heterocycles. The van der Waals surface area contributed by atoms with Crippen LogP contribution in [0.25, 0.3) is 10.2 Å². The van der Waals surface area contributed by atoms with Gasteiger partial charge in [-0.25, -0.2) is 4.98 Å². The summed E-state index contributed by atoms with van der Waals surface area (Å²) in [5, 5.41) is 3.77. The molecule has 146 valence electrons. The lowest BCUT2D eigenvalue weighted by Crippen LogP contribution is -2.23. The average Bonchev–Trinajstić information content (AvgIpc) is 3.01. The van der Waals surface area contributed by atoms with Gasteiger partial charge in [-0.3, -0.25) is 9.59 Å². The van der Waals surface area contributed by atoms with Crippen molar-refractivity contribution in [3.63, 3.8) is 0 Å². The molecule has 0 fully saturated rings. The molecule has 3 aromatic rings. The second kappa shape index (κ2) is 7.72. The Kier molecular flexibility index (Phi) is 5.29. The summed E-state index contributed by atoms with van der Waals surface area (Å²) in [6.07, 6.45) is 3.09. The molecule has 0 aliphatic heterocycles. The molecule has 0 saturated carbocycles. The number of aryl methyl sites for hydroxylation is 2. The van der Waals surface area contributed by atoms with Gasteiger partial charge in [0.15, 0.2) is 5.16 Å². The van der Waals surface area contributed by atoms with E-state index in [0.717, 1.165) is 40.7 Å². The Bertz CT molecular complexity index is 1090. The largest absolute Gasteiger partial charge is 0.325 e. The van der Waals surface area contributed by atoms with Crippen LogP contribution in [0.2, 0.25) is 0 Å². The quantitative estimate of drug-likeness (QED) is 0.486. The number of rotatable bonds is 4. The zero-order chi connectivity index (χ0) is 19.8. The predicted octanol–water partition coefficient (Wildman–Crippen LogP) is 4.54. The SMILES string of the molecule is Cc1ccc(NC(=O)[C@H](C)Sc2nc3sc4c(c3c(=O)[nH]2)CC[C@@H](C)C4)cc1. The van der Waals surface area contributed by atoms with Crippen LogP contribution < -0.4 is 10.9 Å². The van der Waals surface area contributed by atoms with Crippen molar-refractivity contribution >= 4 is 44.9 Å². The van der Waals surface area contributed by atoms with Crippen molar-refractivity contribution in [2.24, 2.45) is 5.92 Å². The number of hydrogen-bond donors (Lipinski definition) is 2. The number of nitrogens with zero attached hydrogens (tertiary/aromatic N) is 1. The van der Waals surface area contributed by atoms with Crippen LogP contribution in [0.3, 0.4) is 0 Å². The number of fused-ring (bicyclic) bond motifs is 3. The summed E-state index contributed by atoms with van der Waals surface area (Å²) >= 11 is 2.90. The van der Waals surface area contributed by atoms with Crippen LogP contribution in [-0.4, -0.2) is 21.1 Å². The minimum atomic E-state index is -0.378. The van der Waals surface area contributed by atoms with E-state index in [-0.39, 0.29) is 16.7 Å². The van der Waals surface area contributed by atoms with E-state index in [9.17, 15) is 9.59 Å². The first-order chi connectivity index (χ1) is 13.4. The maximum absolute atomic E-state index is 12.7. The van der Waals surface area contributed by atoms with Crippen LogP contribution >= 0.6 is 23.1 Å². The highest BCUT2D eigenvalue weighted by Gasteiger charge is 2.24. The monoisotopic (exact) mass is 413 g/mol. The van der Waals surface area contributed by atoms with Gasteiger partial charge in [0.1, 0.15) is 4.83 Å². The van der Waals surface area contributed by atoms with E-state index in [1.165, 1.54) is 22.2 Å². The van der Waals surface area contributed by atoms with Gasteiger partial charge in [-0.05, 0) is 56.7 Å². The highest BCUT2D eigenvalue weighted by molar-refractivity contribution is 8.00. The molecule has 1 aromatic carbocycles. The first kappa shape index (κ1) is 19.2. The molecule has 1 aliphatic rings. The van der Waals surface area contributed by atoms with Crippen LogP contribution in [0.15, 0.2) is 34.2 Å². The van der Waals surface area contributed by atoms with Gasteiger partial charge in [-0.2, -0.15) is 0 Å². The molecule has 2 heterocycles. The molecule has 28 heavy (non-hydrogen) atoms. The fourth-order valence-electron chi connectivity index (χ4n) is 3.49. The molecular formula is C21H23N3O2S2. The Morgan fingerprint density at radius 3 is 2.86 bits per heavy atom. The van der Waals surface area contributed by atoms with E-state index >= 15 is 0 Å². The normalized spacial score (nSPS) is 17.3. The molecule has 1 aliphatic carbocycles. The van der Waals surface area contributed by atoms with Gasteiger partial charge in [-0.15, -0.1) is 11.3 Å². The number of aromatic amines is 1. The number of benzene rings is 1. The summed E-state index contributed by atoms with van der Waals surface area (Å²) in [6.45, 7) is 6.07. The molecule has 2 N–H and O–H groups in total. The molecule has 5 nitrogen and oxygen atoms in total. The summed E-state index contributed by atoms with van der Waals surface area (Å²) < 4.78 is 0. The minimum Gasteiger partial charge on any atom is -0.325 e. The lowest BCUT2D eigenvalue weighted by molar-refractivity contribution is -0.115. The van der Waals surface area contributed by atoms with E-state index < -0.39 is 0 Å². The summed E-state index contributed by atoms with van der Waals surface area (Å²) in [6, 6.07) is 7.68. The maximum Gasteiger partial charge on any atom is 0.260 e. The van der Waals surface area contributed by atoms with Crippen molar-refractivity contribution < 1.29 is 4.79 Å². The fourth-order valence-corrected chi connectivity index (χ4v) is 5.72. The van der Waals surface area contributed by atoms with Crippen molar-refractivity contribution in [3.05, 3.63) is 50.6 Å². The Hall–Kier alpha value is -2.12. The van der Waals surface area contributed by atoms with Gasteiger partial charge in [0, 0.05) is 10.6 Å². The Morgan fingerprint density at radius 2 is 2.11 bits per heavy atom. The minimum absolute atomic E-state index is 0.0919. The fraction of sp³-hybridized carbons (Fsp3) is 0.381. The second-order valence-electron chi connectivity index (χ2n) is 7.52. The molecule has 1 amide bonds. The van der Waals surface area contributed by atoms with Crippen LogP contribution in [0, 0.1) is 12.8 Å². The van der Waals surface area contributed by atoms with Crippen molar-refractivity contribution in [1.29, 1.82) is 0 Å². The number of thioether (sulfide) groups is 1. The zero-order valence-corrected chi connectivity index (χ0v) is 17.8. The van der Waals surface area contributed by atoms with Crippen molar-refractivity contribution in [2.75, 3.05) is 5.32 Å². The first-order valence-electron chi connectivity index (χ1n) is 9.49. The number of anilines is 1. The van der Waals surface area contributed by atoms with Crippen LogP contribution in [0.1, 0.15) is 36.3 Å². The van der Waals surface area contributed by atoms with E-state index in [4.69, 9.17) is 0 Å². The number of carbonyl (C=O) groups is 1. The third-order valence-electron chi connectivity index (χ3n) is 5.12. The molecule has 0 bridgehead atoms. The lowest BCUT2D eigenvalue weighted by atomic mass is 9.89. The smallest absolute Gasteiger partial charge is 0.260 e. The Labute approximate surface area is 172 Å². The third kappa shape index (κ3) is 3.86. The van der Waals surface area contributed by atoms with Crippen LogP contribution in [-0.2, 0) is 17.6 Å². The van der Waals surface area contributed by atoms with Gasteiger partial charge >= 0.3 is 0 Å². The number of amides is 1. The molecular weight excluding hydrogens is 390 g/mol. The van der Waals surface area contributed by atoms with E-state index in [1.54, 1.807) is 11.3 Å². The van der Waals surface area contributed by atoms with Crippen LogP contribution in [0.4, 0.5) is 5.69 Å². The molecule has 0 unspecified atom stereocenters. The van der Waals surface area contributed by atoms with Gasteiger partial charge < -0.3 is 10.3 Å². The molecule has 4 rings (SSSR count). The number of aromatic nitrogens is 2. The predicted molar refractivity (Wildman–Crippen MR) is 117 cm³/mol. The zero-order valence-electron chi connectivity index (χ0n) is 16.2. The number of H-pyrrole nitrogens is 1. The maximum atomic E-state index is 12.7. The van der Waals surface area contributed by atoms with Gasteiger partial charge in [-0.1, -0.05) is 36.4 Å². The van der Waals surface area contributed by atoms with Crippen LogP contribution in [0.5, 0.6) is 0 Å². The number of hydrogen-bond acceptors (Lipinski definition) is 5. The van der Waals surface area contributed by atoms with Crippen molar-refractivity contribution in [1.82, 2.24) is 9.97 Å². The Balaban J connectivity index is 1.53. The molecule has 2 atom stereocenters. The topological polar surface area (TPSA) is 74.8 Å². The van der Waals surface area contributed by atoms with Gasteiger partial charge in [0.2, 0.25) is 5.91 Å². The van der Waals surface area contributed by atoms with E-state index in [1.807, 2.05) is 38.1 Å². The molecule has 0 spiro atoms. The third-order valence-corrected chi connectivity index (χ3v) is 7.25. The second-order valence-corrected chi connectivity index (χ2v) is 9.93. The average molecular weight is 414 g/mol. The number of nitrogens with one attached hydrogen (secondary N) is 2. The van der Waals surface area contributed by atoms with E-state index in [0.29, 0.717) is 11.1 Å².